The van der Waals surface area contributed by atoms with Crippen molar-refractivity contribution < 1.29 is 0 Å². The standard InChI is InChI=1S/C15H20N2/c1-10-7-11(2)15-14(8-10)9-13(5-4-6-16)12(3)17-15/h7-9H,4-6,16H2,1-3H3. The highest BCUT2D eigenvalue weighted by Gasteiger charge is 2.05. The van der Waals surface area contributed by atoms with Crippen molar-refractivity contribution in [3.63, 3.8) is 0 Å². The zero-order chi connectivity index (χ0) is 12.4. The van der Waals surface area contributed by atoms with Gasteiger partial charge in [-0.25, -0.2) is 0 Å². The summed E-state index contributed by atoms with van der Waals surface area (Å²) in [6.45, 7) is 7.09. The van der Waals surface area contributed by atoms with Gasteiger partial charge in [-0.15, -0.1) is 0 Å². The molecule has 0 amide bonds. The summed E-state index contributed by atoms with van der Waals surface area (Å²) in [5, 5.41) is 1.25. The summed E-state index contributed by atoms with van der Waals surface area (Å²) in [4.78, 5) is 4.73. The molecular formula is C15H20N2. The average molecular weight is 228 g/mol. The zero-order valence-corrected chi connectivity index (χ0v) is 10.9. The maximum Gasteiger partial charge on any atom is 0.0734 e. The van der Waals surface area contributed by atoms with Crippen molar-refractivity contribution in [2.45, 2.75) is 33.6 Å². The fourth-order valence-electron chi connectivity index (χ4n) is 2.33. The lowest BCUT2D eigenvalue weighted by molar-refractivity contribution is 0.824. The second-order valence-electron chi connectivity index (χ2n) is 4.78. The quantitative estimate of drug-likeness (QED) is 0.877. The van der Waals surface area contributed by atoms with Gasteiger partial charge in [0.2, 0.25) is 0 Å². The summed E-state index contributed by atoms with van der Waals surface area (Å²) in [6, 6.07) is 6.67. The van der Waals surface area contributed by atoms with E-state index in [1.807, 2.05) is 0 Å². The molecule has 0 bridgehead atoms. The summed E-state index contributed by atoms with van der Waals surface area (Å²) in [6.07, 6.45) is 2.05. The molecular weight excluding hydrogens is 208 g/mol. The van der Waals surface area contributed by atoms with Crippen LogP contribution in [0.5, 0.6) is 0 Å². The van der Waals surface area contributed by atoms with Gasteiger partial charge in [0.1, 0.15) is 0 Å². The monoisotopic (exact) mass is 228 g/mol. The predicted octanol–water partition coefficient (Wildman–Crippen LogP) is 3.05. The van der Waals surface area contributed by atoms with Gasteiger partial charge in [0.15, 0.2) is 0 Å². The molecule has 0 saturated heterocycles. The van der Waals surface area contributed by atoms with Crippen LogP contribution in [0.25, 0.3) is 10.9 Å². The molecule has 2 nitrogen and oxygen atoms in total. The molecule has 2 aromatic rings. The van der Waals surface area contributed by atoms with Crippen LogP contribution >= 0.6 is 0 Å². The Morgan fingerprint density at radius 2 is 1.88 bits per heavy atom. The number of fused-ring (bicyclic) bond motifs is 1. The fraction of sp³-hybridized carbons (Fsp3) is 0.400. The van der Waals surface area contributed by atoms with E-state index in [4.69, 9.17) is 10.7 Å². The minimum atomic E-state index is 0.740. The Morgan fingerprint density at radius 3 is 2.59 bits per heavy atom. The first kappa shape index (κ1) is 12.1. The van der Waals surface area contributed by atoms with Crippen LogP contribution in [0.15, 0.2) is 18.2 Å². The number of rotatable bonds is 3. The van der Waals surface area contributed by atoms with E-state index in [1.165, 1.54) is 22.1 Å². The number of hydrogen-bond acceptors (Lipinski definition) is 2. The lowest BCUT2D eigenvalue weighted by Crippen LogP contribution is -2.02. The van der Waals surface area contributed by atoms with Crippen LogP contribution in [-0.4, -0.2) is 11.5 Å². The number of nitrogens with two attached hydrogens (primary N) is 1. The van der Waals surface area contributed by atoms with Crippen LogP contribution in [0, 0.1) is 20.8 Å². The van der Waals surface area contributed by atoms with Gasteiger partial charge in [-0.3, -0.25) is 4.98 Å². The van der Waals surface area contributed by atoms with E-state index in [0.717, 1.165) is 30.6 Å². The Labute approximate surface area is 103 Å². The number of benzene rings is 1. The molecule has 90 valence electrons. The molecule has 1 aromatic heterocycles. The normalized spacial score (nSPS) is 11.1. The number of pyridine rings is 1. The molecule has 0 atom stereocenters. The van der Waals surface area contributed by atoms with Gasteiger partial charge in [0.25, 0.3) is 0 Å². The van der Waals surface area contributed by atoms with Gasteiger partial charge < -0.3 is 5.73 Å². The number of aryl methyl sites for hydroxylation is 4. The smallest absolute Gasteiger partial charge is 0.0734 e. The minimum Gasteiger partial charge on any atom is -0.330 e. The fourth-order valence-corrected chi connectivity index (χ4v) is 2.33. The SMILES string of the molecule is Cc1cc(C)c2nc(C)c(CCCN)cc2c1. The van der Waals surface area contributed by atoms with Crippen molar-refractivity contribution in [3.8, 4) is 0 Å². The molecule has 0 aliphatic rings. The van der Waals surface area contributed by atoms with E-state index in [-0.39, 0.29) is 0 Å². The Morgan fingerprint density at radius 1 is 1.12 bits per heavy atom. The molecule has 0 saturated carbocycles. The van der Waals surface area contributed by atoms with Crippen LogP contribution in [0.1, 0.15) is 28.8 Å². The van der Waals surface area contributed by atoms with Crippen LogP contribution in [0.3, 0.4) is 0 Å². The molecule has 2 heteroatoms. The summed E-state index contributed by atoms with van der Waals surface area (Å²) in [7, 11) is 0. The second-order valence-corrected chi connectivity index (χ2v) is 4.78. The van der Waals surface area contributed by atoms with Crippen molar-refractivity contribution in [3.05, 3.63) is 40.6 Å². The minimum absolute atomic E-state index is 0.740. The molecule has 0 unspecified atom stereocenters. The maximum absolute atomic E-state index is 5.57. The summed E-state index contributed by atoms with van der Waals surface area (Å²) >= 11 is 0. The molecule has 2 rings (SSSR count). The molecule has 0 fully saturated rings. The molecule has 1 heterocycles. The van der Waals surface area contributed by atoms with Crippen LogP contribution < -0.4 is 5.73 Å². The van der Waals surface area contributed by atoms with Crippen molar-refractivity contribution in [2.75, 3.05) is 6.54 Å². The van der Waals surface area contributed by atoms with Gasteiger partial charge in [-0.2, -0.15) is 0 Å². The van der Waals surface area contributed by atoms with Gasteiger partial charge >= 0.3 is 0 Å². The molecule has 0 aliphatic carbocycles. The third kappa shape index (κ3) is 2.47. The van der Waals surface area contributed by atoms with Crippen LogP contribution in [0.2, 0.25) is 0 Å². The lowest BCUT2D eigenvalue weighted by Gasteiger charge is -2.09. The molecule has 0 radical (unpaired) electrons. The summed E-state index contributed by atoms with van der Waals surface area (Å²) in [5.41, 5.74) is 11.7. The van der Waals surface area contributed by atoms with Crippen molar-refractivity contribution in [1.82, 2.24) is 4.98 Å². The maximum atomic E-state index is 5.57. The van der Waals surface area contributed by atoms with Crippen LogP contribution in [-0.2, 0) is 6.42 Å². The molecule has 0 spiro atoms. The lowest BCUT2D eigenvalue weighted by atomic mass is 10.0. The number of aromatic nitrogens is 1. The highest BCUT2D eigenvalue weighted by Crippen LogP contribution is 2.22. The van der Waals surface area contributed by atoms with Crippen molar-refractivity contribution in [2.24, 2.45) is 5.73 Å². The molecule has 1 aromatic carbocycles. The van der Waals surface area contributed by atoms with Gasteiger partial charge in [0, 0.05) is 11.1 Å². The first-order chi connectivity index (χ1) is 8.11. The third-order valence-electron chi connectivity index (χ3n) is 3.20. The van der Waals surface area contributed by atoms with E-state index < -0.39 is 0 Å². The first-order valence-electron chi connectivity index (χ1n) is 6.19. The topological polar surface area (TPSA) is 38.9 Å². The largest absolute Gasteiger partial charge is 0.330 e. The Hall–Kier alpha value is -1.41. The highest BCUT2D eigenvalue weighted by molar-refractivity contribution is 5.83. The average Bonchev–Trinajstić information content (AvgIpc) is 2.27. The Bertz CT molecular complexity index is 544. The molecule has 2 N–H and O–H groups in total. The van der Waals surface area contributed by atoms with E-state index in [1.54, 1.807) is 0 Å². The molecule has 0 aliphatic heterocycles. The van der Waals surface area contributed by atoms with E-state index in [0.29, 0.717) is 0 Å². The second kappa shape index (κ2) is 4.84. The number of hydrogen-bond donors (Lipinski definition) is 1. The van der Waals surface area contributed by atoms with Crippen molar-refractivity contribution >= 4 is 10.9 Å². The van der Waals surface area contributed by atoms with Crippen molar-refractivity contribution in [1.29, 1.82) is 0 Å². The van der Waals surface area contributed by atoms with Gasteiger partial charge in [-0.1, -0.05) is 11.6 Å². The number of nitrogens with zero attached hydrogens (tertiary/aromatic N) is 1. The van der Waals surface area contributed by atoms with Crippen LogP contribution in [0.4, 0.5) is 0 Å². The summed E-state index contributed by atoms with van der Waals surface area (Å²) in [5.74, 6) is 0. The van der Waals surface area contributed by atoms with Gasteiger partial charge in [0.05, 0.1) is 5.52 Å². The highest BCUT2D eigenvalue weighted by atomic mass is 14.7. The Kier molecular flexibility index (Phi) is 3.43. The van der Waals surface area contributed by atoms with E-state index in [2.05, 4.69) is 39.0 Å². The predicted molar refractivity (Wildman–Crippen MR) is 73.3 cm³/mol. The zero-order valence-electron chi connectivity index (χ0n) is 10.9. The third-order valence-corrected chi connectivity index (χ3v) is 3.20. The Balaban J connectivity index is 2.55. The first-order valence-corrected chi connectivity index (χ1v) is 6.19. The molecule has 17 heavy (non-hydrogen) atoms. The van der Waals surface area contributed by atoms with E-state index >= 15 is 0 Å². The van der Waals surface area contributed by atoms with Gasteiger partial charge in [-0.05, 0) is 63.4 Å². The summed E-state index contributed by atoms with van der Waals surface area (Å²) < 4.78 is 0. The van der Waals surface area contributed by atoms with E-state index in [9.17, 15) is 0 Å².